The van der Waals surface area contributed by atoms with Crippen LogP contribution >= 0.6 is 0 Å². The number of halogens is 3. The van der Waals surface area contributed by atoms with E-state index in [1.54, 1.807) is 34.6 Å². The second-order valence-corrected chi connectivity index (χ2v) is 9.94. The lowest BCUT2D eigenvalue weighted by Crippen LogP contribution is -2.49. The van der Waals surface area contributed by atoms with Gasteiger partial charge in [-0.1, -0.05) is 32.0 Å². The Balaban J connectivity index is 2.68. The molecule has 10 heteroatoms. The number of allylic oxidation sites excluding steroid dienone is 2. The smallest absolute Gasteiger partial charge is 0.416 e. The number of carbonyl (C=O) groups excluding carboxylic acids is 3. The Hall–Kier alpha value is -3.30. The van der Waals surface area contributed by atoms with Crippen LogP contribution in [0.25, 0.3) is 0 Å². The van der Waals surface area contributed by atoms with Crippen LogP contribution < -0.4 is 10.6 Å². The third-order valence-electron chi connectivity index (χ3n) is 5.60. The first-order chi connectivity index (χ1) is 16.5. The van der Waals surface area contributed by atoms with Gasteiger partial charge in [-0.15, -0.1) is 0 Å². The van der Waals surface area contributed by atoms with Gasteiger partial charge in [-0.05, 0) is 52.2 Å². The van der Waals surface area contributed by atoms with E-state index < -0.39 is 47.1 Å². The fourth-order valence-corrected chi connectivity index (χ4v) is 4.08. The summed E-state index contributed by atoms with van der Waals surface area (Å²) in [6.07, 6.45) is -4.75. The normalized spacial score (nSPS) is 17.5. The molecular weight excluding hydrogens is 477 g/mol. The van der Waals surface area contributed by atoms with E-state index in [0.29, 0.717) is 0 Å². The molecule has 0 spiro atoms. The number of amides is 1. The number of nitrogens with one attached hydrogen (secondary N) is 2. The lowest BCUT2D eigenvalue weighted by Gasteiger charge is -2.33. The Morgan fingerprint density at radius 1 is 1.00 bits per heavy atom. The molecule has 7 nitrogen and oxygen atoms in total. The van der Waals surface area contributed by atoms with Crippen molar-refractivity contribution in [2.75, 3.05) is 7.11 Å². The number of hydrogen-bond donors (Lipinski definition) is 2. The van der Waals surface area contributed by atoms with E-state index in [-0.39, 0.29) is 34.0 Å². The molecule has 0 saturated heterocycles. The Labute approximate surface area is 209 Å². The van der Waals surface area contributed by atoms with E-state index in [4.69, 9.17) is 9.47 Å². The number of esters is 2. The van der Waals surface area contributed by atoms with Crippen LogP contribution in [0.1, 0.15) is 65.5 Å². The van der Waals surface area contributed by atoms with Gasteiger partial charge >= 0.3 is 18.1 Å². The standard InChI is InChI=1S/C26H33F3N2O5/c1-13(2)21(24(34)36-25(5,6)7)31-22(32)18-14(3)30-15(4)19(23(33)35-8)20(18)16-11-9-10-12-17(16)26(27,28)29/h9-13,20-21,30H,1-8H3,(H,31,32). The SMILES string of the molecule is COC(=O)C1=C(C)NC(C)=C(C(=O)NC(C(=O)OC(C)(C)C)C(C)C)C1c1ccccc1C(F)(F)F. The van der Waals surface area contributed by atoms with Crippen molar-refractivity contribution >= 4 is 17.8 Å². The van der Waals surface area contributed by atoms with Gasteiger partial charge in [0, 0.05) is 17.0 Å². The first kappa shape index (κ1) is 28.9. The molecule has 1 heterocycles. The fourth-order valence-electron chi connectivity index (χ4n) is 4.08. The molecule has 2 atom stereocenters. The van der Waals surface area contributed by atoms with Crippen molar-refractivity contribution in [1.82, 2.24) is 10.6 Å². The van der Waals surface area contributed by atoms with E-state index in [1.165, 1.54) is 32.0 Å². The van der Waals surface area contributed by atoms with Crippen LogP contribution in [0.3, 0.4) is 0 Å². The molecule has 0 saturated carbocycles. The van der Waals surface area contributed by atoms with Crippen molar-refractivity contribution in [1.29, 1.82) is 0 Å². The summed E-state index contributed by atoms with van der Waals surface area (Å²) >= 11 is 0. The lowest BCUT2D eigenvalue weighted by atomic mass is 9.78. The second kappa shape index (κ2) is 10.8. The summed E-state index contributed by atoms with van der Waals surface area (Å²) in [6.45, 7) is 11.5. The molecule has 1 aliphatic rings. The maximum Gasteiger partial charge on any atom is 0.416 e. The molecule has 198 valence electrons. The maximum atomic E-state index is 14.0. The van der Waals surface area contributed by atoms with Crippen molar-refractivity contribution in [2.24, 2.45) is 5.92 Å². The van der Waals surface area contributed by atoms with Crippen LogP contribution in [0, 0.1) is 5.92 Å². The zero-order chi connectivity index (χ0) is 27.6. The van der Waals surface area contributed by atoms with Crippen molar-refractivity contribution in [2.45, 2.75) is 72.2 Å². The van der Waals surface area contributed by atoms with Crippen LogP contribution in [0.2, 0.25) is 0 Å². The molecule has 0 aromatic heterocycles. The predicted molar refractivity (Wildman–Crippen MR) is 127 cm³/mol. The molecule has 1 amide bonds. The molecule has 0 radical (unpaired) electrons. The average Bonchev–Trinajstić information content (AvgIpc) is 2.74. The minimum Gasteiger partial charge on any atom is -0.466 e. The average molecular weight is 511 g/mol. The van der Waals surface area contributed by atoms with E-state index in [9.17, 15) is 27.6 Å². The van der Waals surface area contributed by atoms with Gasteiger partial charge in [-0.3, -0.25) is 4.79 Å². The van der Waals surface area contributed by atoms with E-state index in [2.05, 4.69) is 10.6 Å². The largest absolute Gasteiger partial charge is 0.466 e. The lowest BCUT2D eigenvalue weighted by molar-refractivity contribution is -0.159. The topological polar surface area (TPSA) is 93.7 Å². The third kappa shape index (κ3) is 6.47. The van der Waals surface area contributed by atoms with Crippen molar-refractivity contribution in [3.8, 4) is 0 Å². The number of methoxy groups -OCH3 is 1. The van der Waals surface area contributed by atoms with Gasteiger partial charge in [0.1, 0.15) is 11.6 Å². The minimum absolute atomic E-state index is 0.132. The van der Waals surface area contributed by atoms with Gasteiger partial charge in [0.2, 0.25) is 0 Å². The van der Waals surface area contributed by atoms with Gasteiger partial charge in [0.05, 0.1) is 24.2 Å². The van der Waals surface area contributed by atoms with Crippen LogP contribution in [0.4, 0.5) is 13.2 Å². The van der Waals surface area contributed by atoms with Crippen molar-refractivity contribution < 1.29 is 37.0 Å². The molecule has 2 rings (SSSR count). The van der Waals surface area contributed by atoms with Crippen LogP contribution in [0.5, 0.6) is 0 Å². The van der Waals surface area contributed by atoms with E-state index >= 15 is 0 Å². The Morgan fingerprint density at radius 3 is 2.06 bits per heavy atom. The highest BCUT2D eigenvalue weighted by Gasteiger charge is 2.43. The summed E-state index contributed by atoms with van der Waals surface area (Å²) in [5.74, 6) is -4.16. The van der Waals surface area contributed by atoms with Crippen LogP contribution in [0.15, 0.2) is 46.8 Å². The Kier molecular flexibility index (Phi) is 8.65. The predicted octanol–water partition coefficient (Wildman–Crippen LogP) is 4.60. The Morgan fingerprint density at radius 2 is 1.56 bits per heavy atom. The number of alkyl halides is 3. The number of ether oxygens (including phenoxy) is 2. The molecule has 0 aliphatic carbocycles. The second-order valence-electron chi connectivity index (χ2n) is 9.94. The first-order valence-electron chi connectivity index (χ1n) is 11.5. The van der Waals surface area contributed by atoms with Gasteiger partial charge in [0.25, 0.3) is 5.91 Å². The molecular formula is C26H33F3N2O5. The highest BCUT2D eigenvalue weighted by Crippen LogP contribution is 2.44. The molecule has 1 aromatic carbocycles. The first-order valence-corrected chi connectivity index (χ1v) is 11.5. The maximum absolute atomic E-state index is 14.0. The molecule has 2 unspecified atom stereocenters. The summed E-state index contributed by atoms with van der Waals surface area (Å²) in [7, 11) is 1.11. The third-order valence-corrected chi connectivity index (χ3v) is 5.60. The zero-order valence-electron chi connectivity index (χ0n) is 21.7. The van der Waals surface area contributed by atoms with Gasteiger partial charge in [-0.25, -0.2) is 9.59 Å². The van der Waals surface area contributed by atoms with Gasteiger partial charge in [-0.2, -0.15) is 13.2 Å². The summed E-state index contributed by atoms with van der Waals surface area (Å²) in [5, 5.41) is 5.53. The Bertz CT molecular complexity index is 1100. The quantitative estimate of drug-likeness (QED) is 0.544. The van der Waals surface area contributed by atoms with Crippen LogP contribution in [-0.4, -0.2) is 36.6 Å². The fraction of sp³-hybridized carbons (Fsp3) is 0.500. The zero-order valence-corrected chi connectivity index (χ0v) is 21.7. The summed E-state index contributed by atoms with van der Waals surface area (Å²) < 4.78 is 52.3. The molecule has 0 fully saturated rings. The number of hydrogen-bond acceptors (Lipinski definition) is 6. The van der Waals surface area contributed by atoms with Crippen molar-refractivity contribution in [3.63, 3.8) is 0 Å². The highest BCUT2D eigenvalue weighted by molar-refractivity contribution is 6.03. The summed E-state index contributed by atoms with van der Waals surface area (Å²) in [5.41, 5.74) is -1.86. The number of rotatable bonds is 6. The number of dihydropyridines is 1. The molecule has 36 heavy (non-hydrogen) atoms. The number of carbonyl (C=O) groups is 3. The minimum atomic E-state index is -4.75. The van der Waals surface area contributed by atoms with Crippen LogP contribution in [-0.2, 0) is 30.0 Å². The highest BCUT2D eigenvalue weighted by atomic mass is 19.4. The summed E-state index contributed by atoms with van der Waals surface area (Å²) in [6, 6.07) is 3.67. The summed E-state index contributed by atoms with van der Waals surface area (Å²) in [4.78, 5) is 39.2. The number of benzene rings is 1. The molecule has 1 aliphatic heterocycles. The molecule has 0 bridgehead atoms. The van der Waals surface area contributed by atoms with Gasteiger partial charge < -0.3 is 20.1 Å². The molecule has 2 N–H and O–H groups in total. The van der Waals surface area contributed by atoms with Crippen molar-refractivity contribution in [3.05, 3.63) is 57.9 Å². The van der Waals surface area contributed by atoms with E-state index in [1.807, 2.05) is 0 Å². The molecule has 1 aromatic rings. The van der Waals surface area contributed by atoms with Gasteiger partial charge in [0.15, 0.2) is 0 Å². The van der Waals surface area contributed by atoms with E-state index in [0.717, 1.165) is 13.2 Å². The monoisotopic (exact) mass is 510 g/mol.